The van der Waals surface area contributed by atoms with E-state index in [1.807, 2.05) is 0 Å². The lowest BCUT2D eigenvalue weighted by atomic mass is 10.3. The fourth-order valence-corrected chi connectivity index (χ4v) is 1.86. The van der Waals surface area contributed by atoms with Gasteiger partial charge < -0.3 is 4.43 Å². The van der Waals surface area contributed by atoms with Crippen LogP contribution in [-0.2, 0) is 9.22 Å². The first-order valence-corrected chi connectivity index (χ1v) is 5.28. The lowest BCUT2D eigenvalue weighted by Crippen LogP contribution is -2.30. The van der Waals surface area contributed by atoms with E-state index in [1.54, 1.807) is 0 Å². The summed E-state index contributed by atoms with van der Waals surface area (Å²) in [4.78, 5) is 10.4. The van der Waals surface area contributed by atoms with Crippen LogP contribution in [-0.4, -0.2) is 15.7 Å². The van der Waals surface area contributed by atoms with Gasteiger partial charge in [0, 0.05) is 6.92 Å². The molecule has 0 radical (unpaired) electrons. The summed E-state index contributed by atoms with van der Waals surface area (Å²) in [7, 11) is -2.32. The molecule has 0 atom stereocenters. The molecule has 8 heteroatoms. The first-order chi connectivity index (χ1) is 7.36. The predicted molar refractivity (Wildman–Crippen MR) is 46.2 cm³/mol. The molecule has 2 nitrogen and oxygen atoms in total. The zero-order valence-corrected chi connectivity index (χ0v) is 9.33. The molecule has 88 valence electrons. The fraction of sp³-hybridized carbons (Fsp3) is 0.125. The van der Waals surface area contributed by atoms with Gasteiger partial charge in [-0.2, -0.15) is 0 Å². The summed E-state index contributed by atoms with van der Waals surface area (Å²) in [5.41, 5.74) is 0. The van der Waals surface area contributed by atoms with Crippen molar-refractivity contribution in [3.63, 3.8) is 0 Å². The molecule has 0 aliphatic heterocycles. The van der Waals surface area contributed by atoms with Crippen LogP contribution in [0.1, 0.15) is 6.92 Å². The van der Waals surface area contributed by atoms with Crippen LogP contribution in [0.4, 0.5) is 22.0 Å². The Kier molecular flexibility index (Phi) is 3.63. The van der Waals surface area contributed by atoms with Gasteiger partial charge in [0.05, 0.1) is 5.19 Å². The van der Waals surface area contributed by atoms with E-state index in [1.165, 1.54) is 0 Å². The fourth-order valence-electron chi connectivity index (χ4n) is 0.951. The highest BCUT2D eigenvalue weighted by molar-refractivity contribution is 6.49. The van der Waals surface area contributed by atoms with Crippen LogP contribution in [0.15, 0.2) is 0 Å². The molecule has 0 aromatic heterocycles. The number of halogens is 5. The average molecular weight is 256 g/mol. The van der Waals surface area contributed by atoms with E-state index in [2.05, 4.69) is 4.43 Å². The molecule has 0 unspecified atom stereocenters. The molecular weight excluding hydrogens is 251 g/mol. The minimum Gasteiger partial charge on any atom is -0.520 e. The normalized spacial score (nSPS) is 11.1. The van der Waals surface area contributed by atoms with Crippen molar-refractivity contribution in [2.75, 3.05) is 0 Å². The molecule has 0 heterocycles. The summed E-state index contributed by atoms with van der Waals surface area (Å²) in [5.74, 6) is -11.0. The number of carbonyl (C=O) groups is 1. The third kappa shape index (κ3) is 2.21. The second-order valence-corrected chi connectivity index (χ2v) is 4.11. The molecule has 16 heavy (non-hydrogen) atoms. The van der Waals surface area contributed by atoms with Gasteiger partial charge in [-0.05, 0) is 0 Å². The number of benzene rings is 1. The maximum absolute atomic E-state index is 13.0. The van der Waals surface area contributed by atoms with E-state index < -0.39 is 50.0 Å². The van der Waals surface area contributed by atoms with Crippen LogP contribution in [0.5, 0.6) is 0 Å². The Morgan fingerprint density at radius 2 is 1.31 bits per heavy atom. The van der Waals surface area contributed by atoms with Gasteiger partial charge in [0.15, 0.2) is 23.3 Å². The zero-order chi connectivity index (χ0) is 12.5. The smallest absolute Gasteiger partial charge is 0.289 e. The second kappa shape index (κ2) is 4.60. The molecule has 0 saturated heterocycles. The van der Waals surface area contributed by atoms with Crippen LogP contribution < -0.4 is 5.19 Å². The molecular formula is C8H5F5O2Si. The third-order valence-corrected chi connectivity index (χ3v) is 3.18. The number of carbonyl (C=O) groups excluding carboxylic acids is 1. The van der Waals surface area contributed by atoms with Crippen molar-refractivity contribution in [2.24, 2.45) is 0 Å². The number of hydrogen-bond acceptors (Lipinski definition) is 2. The van der Waals surface area contributed by atoms with Crippen molar-refractivity contribution >= 4 is 20.9 Å². The Morgan fingerprint density at radius 3 is 1.69 bits per heavy atom. The Labute approximate surface area is 89.0 Å². The van der Waals surface area contributed by atoms with Crippen LogP contribution in [0.3, 0.4) is 0 Å². The van der Waals surface area contributed by atoms with E-state index in [4.69, 9.17) is 0 Å². The van der Waals surface area contributed by atoms with Crippen LogP contribution in [0.25, 0.3) is 0 Å². The summed E-state index contributed by atoms with van der Waals surface area (Å²) in [6, 6.07) is 0. The first-order valence-electron chi connectivity index (χ1n) is 4.00. The van der Waals surface area contributed by atoms with Crippen molar-refractivity contribution in [3.8, 4) is 0 Å². The molecule has 0 saturated carbocycles. The van der Waals surface area contributed by atoms with Gasteiger partial charge in [0.2, 0.25) is 5.82 Å². The molecule has 0 aliphatic rings. The standard InChI is InChI=1S/C8H5F5O2Si/c1-2(14)15-16-8-6(12)4(10)3(9)5(11)7(8)13/h16H2,1H3. The number of hydrogen-bond donors (Lipinski definition) is 0. The van der Waals surface area contributed by atoms with Crippen LogP contribution >= 0.6 is 0 Å². The largest absolute Gasteiger partial charge is 0.520 e. The highest BCUT2D eigenvalue weighted by Crippen LogP contribution is 2.15. The summed E-state index contributed by atoms with van der Waals surface area (Å²) in [5, 5.41) is -1.04. The molecule has 1 rings (SSSR count). The zero-order valence-electron chi connectivity index (χ0n) is 7.91. The lowest BCUT2D eigenvalue weighted by Gasteiger charge is -2.07. The van der Waals surface area contributed by atoms with Crippen molar-refractivity contribution in [1.29, 1.82) is 0 Å². The minimum atomic E-state index is -2.32. The van der Waals surface area contributed by atoms with Crippen LogP contribution in [0.2, 0.25) is 0 Å². The van der Waals surface area contributed by atoms with E-state index in [9.17, 15) is 26.7 Å². The highest BCUT2D eigenvalue weighted by atomic mass is 28.2. The number of rotatable bonds is 2. The van der Waals surface area contributed by atoms with Crippen molar-refractivity contribution in [3.05, 3.63) is 29.1 Å². The molecule has 0 fully saturated rings. The lowest BCUT2D eigenvalue weighted by molar-refractivity contribution is -0.131. The van der Waals surface area contributed by atoms with Crippen molar-refractivity contribution in [1.82, 2.24) is 0 Å². The van der Waals surface area contributed by atoms with Gasteiger partial charge in [-0.25, -0.2) is 22.0 Å². The van der Waals surface area contributed by atoms with Crippen molar-refractivity contribution in [2.45, 2.75) is 6.92 Å². The molecule has 0 N–H and O–H groups in total. The van der Waals surface area contributed by atoms with Gasteiger partial charge in [0.1, 0.15) is 0 Å². The Bertz CT molecular complexity index is 420. The Balaban J connectivity index is 3.23. The first kappa shape index (κ1) is 12.6. The second-order valence-electron chi connectivity index (χ2n) is 2.83. The SMILES string of the molecule is CC(=O)O[SiH2]c1c(F)c(F)c(F)c(F)c1F. The van der Waals surface area contributed by atoms with Gasteiger partial charge in [-0.1, -0.05) is 0 Å². The molecule has 1 aromatic rings. The Hall–Kier alpha value is -1.44. The van der Waals surface area contributed by atoms with Crippen LogP contribution in [0, 0.1) is 29.1 Å². The Morgan fingerprint density at radius 1 is 0.938 bits per heavy atom. The summed E-state index contributed by atoms with van der Waals surface area (Å²) < 4.78 is 68.1. The molecule has 0 spiro atoms. The van der Waals surface area contributed by atoms with Gasteiger partial charge in [0.25, 0.3) is 15.7 Å². The highest BCUT2D eigenvalue weighted by Gasteiger charge is 2.26. The summed E-state index contributed by atoms with van der Waals surface area (Å²) in [6.45, 7) is 0.971. The quantitative estimate of drug-likeness (QED) is 0.336. The summed E-state index contributed by atoms with van der Waals surface area (Å²) in [6.07, 6.45) is 0. The van der Waals surface area contributed by atoms with E-state index in [0.29, 0.717) is 0 Å². The van der Waals surface area contributed by atoms with E-state index in [0.717, 1.165) is 6.92 Å². The molecule has 0 amide bonds. The summed E-state index contributed by atoms with van der Waals surface area (Å²) >= 11 is 0. The maximum Gasteiger partial charge on any atom is 0.289 e. The predicted octanol–water partition coefficient (Wildman–Crippen LogP) is 0.654. The topological polar surface area (TPSA) is 26.3 Å². The third-order valence-electron chi connectivity index (χ3n) is 1.72. The average Bonchev–Trinajstić information content (AvgIpc) is 2.23. The van der Waals surface area contributed by atoms with Gasteiger partial charge >= 0.3 is 0 Å². The van der Waals surface area contributed by atoms with E-state index >= 15 is 0 Å². The molecule has 0 aliphatic carbocycles. The molecule has 1 aromatic carbocycles. The van der Waals surface area contributed by atoms with Gasteiger partial charge in [-0.15, -0.1) is 0 Å². The molecule has 0 bridgehead atoms. The van der Waals surface area contributed by atoms with Crippen molar-refractivity contribution < 1.29 is 31.2 Å². The van der Waals surface area contributed by atoms with Gasteiger partial charge in [-0.3, -0.25) is 4.79 Å². The monoisotopic (exact) mass is 256 g/mol. The van der Waals surface area contributed by atoms with E-state index in [-0.39, 0.29) is 0 Å². The maximum atomic E-state index is 13.0. The minimum absolute atomic E-state index is 0.837.